The van der Waals surface area contributed by atoms with Crippen molar-refractivity contribution >= 4 is 5.91 Å². The van der Waals surface area contributed by atoms with Gasteiger partial charge in [-0.3, -0.25) is 9.69 Å². The van der Waals surface area contributed by atoms with Crippen LogP contribution in [-0.4, -0.2) is 68.3 Å². The number of likely N-dealkylation sites (tertiary alicyclic amines) is 1. The summed E-state index contributed by atoms with van der Waals surface area (Å²) in [6.07, 6.45) is 4.32. The van der Waals surface area contributed by atoms with E-state index in [0.717, 1.165) is 56.6 Å². The van der Waals surface area contributed by atoms with Crippen LogP contribution >= 0.6 is 0 Å². The third-order valence-corrected chi connectivity index (χ3v) is 6.92. The van der Waals surface area contributed by atoms with Gasteiger partial charge in [0, 0.05) is 37.9 Å². The first-order chi connectivity index (χ1) is 17.0. The zero-order valence-electron chi connectivity index (χ0n) is 20.9. The SMILES string of the molecule is CCc1ccc(OC2CCN(C(=O)CN(C)CCCC3(c4ccc(F)cc4)OCCO3)CC2)cc1. The molecule has 35 heavy (non-hydrogen) atoms. The van der Waals surface area contributed by atoms with Crippen molar-refractivity contribution in [3.05, 3.63) is 65.5 Å². The highest BCUT2D eigenvalue weighted by Gasteiger charge is 2.38. The van der Waals surface area contributed by atoms with E-state index in [1.165, 1.54) is 17.7 Å². The van der Waals surface area contributed by atoms with Gasteiger partial charge in [0.25, 0.3) is 0 Å². The van der Waals surface area contributed by atoms with E-state index >= 15 is 0 Å². The summed E-state index contributed by atoms with van der Waals surface area (Å²) < 4.78 is 31.3. The average Bonchev–Trinajstić information content (AvgIpc) is 3.35. The van der Waals surface area contributed by atoms with E-state index in [9.17, 15) is 9.18 Å². The number of benzene rings is 2. The Balaban J connectivity index is 1.18. The zero-order chi connectivity index (χ0) is 24.7. The van der Waals surface area contributed by atoms with Gasteiger partial charge < -0.3 is 19.1 Å². The van der Waals surface area contributed by atoms with Crippen molar-refractivity contribution < 1.29 is 23.4 Å². The summed E-state index contributed by atoms with van der Waals surface area (Å²) in [5.41, 5.74) is 2.14. The number of piperidine rings is 1. The number of ether oxygens (including phenoxy) is 3. The van der Waals surface area contributed by atoms with E-state index in [1.807, 2.05) is 29.0 Å². The summed E-state index contributed by atoms with van der Waals surface area (Å²) in [6, 6.07) is 14.6. The first-order valence-electron chi connectivity index (χ1n) is 12.7. The smallest absolute Gasteiger partial charge is 0.236 e. The normalized spacial score (nSPS) is 18.2. The van der Waals surface area contributed by atoms with Gasteiger partial charge >= 0.3 is 0 Å². The van der Waals surface area contributed by atoms with Crippen LogP contribution in [0.15, 0.2) is 48.5 Å². The van der Waals surface area contributed by atoms with Gasteiger partial charge in [-0.25, -0.2) is 4.39 Å². The number of carbonyl (C=O) groups is 1. The van der Waals surface area contributed by atoms with Crippen molar-refractivity contribution in [2.75, 3.05) is 46.4 Å². The summed E-state index contributed by atoms with van der Waals surface area (Å²) in [7, 11) is 1.97. The van der Waals surface area contributed by atoms with Crippen LogP contribution in [0.25, 0.3) is 0 Å². The molecule has 0 aliphatic carbocycles. The predicted octanol–water partition coefficient (Wildman–Crippen LogP) is 4.37. The zero-order valence-corrected chi connectivity index (χ0v) is 20.9. The molecule has 2 aromatic rings. The Morgan fingerprint density at radius 3 is 2.37 bits per heavy atom. The van der Waals surface area contributed by atoms with Crippen molar-refractivity contribution in [1.82, 2.24) is 9.80 Å². The van der Waals surface area contributed by atoms with Gasteiger partial charge in [0.1, 0.15) is 17.7 Å². The lowest BCUT2D eigenvalue weighted by Crippen LogP contribution is -2.45. The first-order valence-corrected chi connectivity index (χ1v) is 12.7. The van der Waals surface area contributed by atoms with Crippen LogP contribution in [0.1, 0.15) is 43.7 Å². The number of hydrogen-bond donors (Lipinski definition) is 0. The number of likely N-dealkylation sites (N-methyl/N-ethyl adjacent to an activating group) is 1. The number of aryl methyl sites for hydroxylation is 1. The molecule has 2 heterocycles. The van der Waals surface area contributed by atoms with E-state index in [1.54, 1.807) is 12.1 Å². The molecule has 1 amide bonds. The molecule has 6 nitrogen and oxygen atoms in total. The summed E-state index contributed by atoms with van der Waals surface area (Å²) in [4.78, 5) is 16.8. The average molecular weight is 485 g/mol. The van der Waals surface area contributed by atoms with Crippen LogP contribution in [0, 0.1) is 5.82 Å². The number of carbonyl (C=O) groups excluding carboxylic acids is 1. The molecule has 0 unspecified atom stereocenters. The van der Waals surface area contributed by atoms with E-state index in [2.05, 4.69) is 19.1 Å². The fourth-order valence-corrected chi connectivity index (χ4v) is 4.82. The van der Waals surface area contributed by atoms with Crippen LogP contribution in [-0.2, 0) is 26.5 Å². The maximum atomic E-state index is 13.3. The van der Waals surface area contributed by atoms with Gasteiger partial charge in [-0.05, 0) is 56.3 Å². The number of rotatable bonds is 10. The van der Waals surface area contributed by atoms with Gasteiger partial charge in [-0.2, -0.15) is 0 Å². The molecule has 4 rings (SSSR count). The van der Waals surface area contributed by atoms with E-state index < -0.39 is 5.79 Å². The second kappa shape index (κ2) is 12.0. The highest BCUT2D eigenvalue weighted by molar-refractivity contribution is 5.78. The summed E-state index contributed by atoms with van der Waals surface area (Å²) in [6.45, 7) is 5.76. The minimum absolute atomic E-state index is 0.151. The molecule has 0 saturated carbocycles. The lowest BCUT2D eigenvalue weighted by atomic mass is 10.0. The molecule has 0 aromatic heterocycles. The van der Waals surface area contributed by atoms with Gasteiger partial charge in [-0.15, -0.1) is 0 Å². The highest BCUT2D eigenvalue weighted by atomic mass is 19.1. The fraction of sp³-hybridized carbons (Fsp3) is 0.536. The monoisotopic (exact) mass is 484 g/mol. The van der Waals surface area contributed by atoms with Crippen LogP contribution in [0.2, 0.25) is 0 Å². The largest absolute Gasteiger partial charge is 0.490 e. The van der Waals surface area contributed by atoms with Gasteiger partial charge in [0.15, 0.2) is 5.79 Å². The Bertz CT molecular complexity index is 936. The quantitative estimate of drug-likeness (QED) is 0.501. The van der Waals surface area contributed by atoms with Crippen molar-refractivity contribution in [3.8, 4) is 5.75 Å². The molecule has 0 atom stereocenters. The van der Waals surface area contributed by atoms with Crippen molar-refractivity contribution in [2.24, 2.45) is 0 Å². The number of nitrogens with zero attached hydrogens (tertiary/aromatic N) is 2. The van der Waals surface area contributed by atoms with Crippen LogP contribution in [0.5, 0.6) is 5.75 Å². The maximum Gasteiger partial charge on any atom is 0.236 e. The Hall–Kier alpha value is -2.48. The molecule has 7 heteroatoms. The number of halogens is 1. The van der Waals surface area contributed by atoms with E-state index in [4.69, 9.17) is 14.2 Å². The van der Waals surface area contributed by atoms with Crippen LogP contribution < -0.4 is 4.74 Å². The van der Waals surface area contributed by atoms with E-state index in [-0.39, 0.29) is 17.8 Å². The molecule has 2 aliphatic heterocycles. The molecule has 0 N–H and O–H groups in total. The third-order valence-electron chi connectivity index (χ3n) is 6.92. The summed E-state index contributed by atoms with van der Waals surface area (Å²) in [5, 5.41) is 0. The highest BCUT2D eigenvalue weighted by Crippen LogP contribution is 2.36. The summed E-state index contributed by atoms with van der Waals surface area (Å²) in [5.74, 6) is -0.0429. The Morgan fingerprint density at radius 2 is 1.74 bits per heavy atom. The molecule has 0 bridgehead atoms. The Labute approximate surface area is 208 Å². The predicted molar refractivity (Wildman–Crippen MR) is 133 cm³/mol. The number of amides is 1. The standard InChI is InChI=1S/C28H37FN2O4/c1-3-22-5-11-25(12-6-22)35-26-13-17-31(18-14-26)27(32)21-30(2)16-4-15-28(33-19-20-34-28)23-7-9-24(29)10-8-23/h5-12,26H,3-4,13-21H2,1-2H3. The topological polar surface area (TPSA) is 51.2 Å². The second-order valence-corrected chi connectivity index (χ2v) is 9.49. The minimum atomic E-state index is -0.822. The lowest BCUT2D eigenvalue weighted by Gasteiger charge is -2.33. The van der Waals surface area contributed by atoms with Gasteiger partial charge in [0.2, 0.25) is 5.91 Å². The first kappa shape index (κ1) is 25.6. The van der Waals surface area contributed by atoms with Crippen LogP contribution in [0.4, 0.5) is 4.39 Å². The molecular weight excluding hydrogens is 447 g/mol. The minimum Gasteiger partial charge on any atom is -0.490 e. The Morgan fingerprint density at radius 1 is 1.09 bits per heavy atom. The Kier molecular flexibility index (Phi) is 8.76. The molecule has 0 spiro atoms. The van der Waals surface area contributed by atoms with Crippen molar-refractivity contribution in [3.63, 3.8) is 0 Å². The lowest BCUT2D eigenvalue weighted by molar-refractivity contribution is -0.172. The van der Waals surface area contributed by atoms with Crippen LogP contribution in [0.3, 0.4) is 0 Å². The van der Waals surface area contributed by atoms with Gasteiger partial charge in [-0.1, -0.05) is 31.2 Å². The molecule has 2 aromatic carbocycles. The molecule has 190 valence electrons. The molecule has 2 aliphatic rings. The molecule has 0 radical (unpaired) electrons. The second-order valence-electron chi connectivity index (χ2n) is 9.49. The maximum absolute atomic E-state index is 13.3. The molecule has 2 fully saturated rings. The molecule has 2 saturated heterocycles. The fourth-order valence-electron chi connectivity index (χ4n) is 4.82. The third kappa shape index (κ3) is 6.81. The molecular formula is C28H37FN2O4. The van der Waals surface area contributed by atoms with Crippen molar-refractivity contribution in [2.45, 2.75) is 50.9 Å². The number of hydrogen-bond acceptors (Lipinski definition) is 5. The van der Waals surface area contributed by atoms with E-state index in [0.29, 0.717) is 26.2 Å². The van der Waals surface area contributed by atoms with Crippen molar-refractivity contribution in [1.29, 1.82) is 0 Å². The summed E-state index contributed by atoms with van der Waals surface area (Å²) >= 11 is 0. The van der Waals surface area contributed by atoms with Gasteiger partial charge in [0.05, 0.1) is 19.8 Å².